The van der Waals surface area contributed by atoms with E-state index in [2.05, 4.69) is 33.9 Å². The number of carboxylic acid groups (broad SMARTS) is 1. The molecule has 0 unspecified atom stereocenters. The first-order chi connectivity index (χ1) is 14.0. The zero-order valence-electron chi connectivity index (χ0n) is 16.4. The molecule has 1 aliphatic rings. The largest absolute Gasteiger partial charge is 0.507 e. The van der Waals surface area contributed by atoms with Crippen LogP contribution in [0.4, 0.5) is 0 Å². The number of hydrogen-bond acceptors (Lipinski definition) is 6. The molecule has 8 heteroatoms. The van der Waals surface area contributed by atoms with Gasteiger partial charge in [-0.25, -0.2) is 4.79 Å². The molecule has 29 heavy (non-hydrogen) atoms. The monoisotopic (exact) mass is 396 g/mol. The van der Waals surface area contributed by atoms with Gasteiger partial charge >= 0.3 is 5.97 Å². The molecule has 4 rings (SSSR count). The molecule has 3 N–H and O–H groups in total. The molecule has 3 heterocycles. The second-order valence-corrected chi connectivity index (χ2v) is 7.53. The molecule has 0 saturated carbocycles. The minimum absolute atomic E-state index is 0.0896. The predicted octanol–water partition coefficient (Wildman–Crippen LogP) is 2.74. The summed E-state index contributed by atoms with van der Waals surface area (Å²) in [6.07, 6.45) is 0.839. The summed E-state index contributed by atoms with van der Waals surface area (Å²) in [5.74, 6) is -0.834. The third kappa shape index (κ3) is 3.68. The Morgan fingerprint density at radius 3 is 2.86 bits per heavy atom. The zero-order valence-corrected chi connectivity index (χ0v) is 16.4. The van der Waals surface area contributed by atoms with Gasteiger partial charge in [0.15, 0.2) is 5.65 Å². The van der Waals surface area contributed by atoms with Crippen LogP contribution in [0.3, 0.4) is 0 Å². The number of H-pyrrole nitrogens is 1. The van der Waals surface area contributed by atoms with Gasteiger partial charge in [0, 0.05) is 41.2 Å². The lowest BCUT2D eigenvalue weighted by Crippen LogP contribution is -2.42. The van der Waals surface area contributed by atoms with Gasteiger partial charge in [-0.1, -0.05) is 12.1 Å². The maximum atomic E-state index is 10.9. The van der Waals surface area contributed by atoms with Crippen LogP contribution in [-0.2, 0) is 16.0 Å². The molecule has 0 fully saturated rings. The summed E-state index contributed by atoms with van der Waals surface area (Å²) in [6, 6.07) is 9.15. The van der Waals surface area contributed by atoms with E-state index in [0.29, 0.717) is 16.9 Å². The second kappa shape index (κ2) is 7.81. The van der Waals surface area contributed by atoms with E-state index >= 15 is 0 Å². The van der Waals surface area contributed by atoms with Crippen molar-refractivity contribution in [2.24, 2.45) is 0 Å². The summed E-state index contributed by atoms with van der Waals surface area (Å²) in [5.41, 5.74) is 4.03. The van der Waals surface area contributed by atoms with Gasteiger partial charge in [0.2, 0.25) is 0 Å². The van der Waals surface area contributed by atoms with Gasteiger partial charge in [-0.3, -0.25) is 4.90 Å². The van der Waals surface area contributed by atoms with Gasteiger partial charge in [0.1, 0.15) is 12.4 Å². The number of ether oxygens (including phenoxy) is 1. The topological polar surface area (TPSA) is 112 Å². The second-order valence-electron chi connectivity index (χ2n) is 7.53. The number of carbonyl (C=O) groups is 1. The minimum Gasteiger partial charge on any atom is -0.507 e. The number of phenols is 1. The van der Waals surface area contributed by atoms with Crippen molar-refractivity contribution in [1.82, 2.24) is 20.1 Å². The first kappa shape index (κ1) is 19.4. The van der Waals surface area contributed by atoms with Crippen molar-refractivity contribution in [3.63, 3.8) is 0 Å². The Hall–Kier alpha value is -2.97. The van der Waals surface area contributed by atoms with Gasteiger partial charge < -0.3 is 19.9 Å². The lowest BCUT2D eigenvalue weighted by molar-refractivity contribution is -0.143. The van der Waals surface area contributed by atoms with Crippen LogP contribution in [0.1, 0.15) is 31.1 Å². The van der Waals surface area contributed by atoms with Crippen molar-refractivity contribution in [3.05, 3.63) is 41.6 Å². The zero-order chi connectivity index (χ0) is 20.5. The number of benzene rings is 1. The fourth-order valence-corrected chi connectivity index (χ4v) is 4.08. The Morgan fingerprint density at radius 1 is 1.34 bits per heavy atom. The molecule has 8 nitrogen and oxygen atoms in total. The molecule has 0 radical (unpaired) electrons. The number of aliphatic carboxylic acids is 1. The summed E-state index contributed by atoms with van der Waals surface area (Å²) in [4.78, 5) is 16.6. The third-order valence-corrected chi connectivity index (χ3v) is 5.38. The lowest BCUT2D eigenvalue weighted by Gasteiger charge is -2.38. The lowest BCUT2D eigenvalue weighted by atomic mass is 9.95. The number of fused-ring (bicyclic) bond motifs is 3. The van der Waals surface area contributed by atoms with Crippen molar-refractivity contribution in [2.45, 2.75) is 32.4 Å². The van der Waals surface area contributed by atoms with Crippen LogP contribution in [-0.4, -0.2) is 62.1 Å². The molecule has 152 valence electrons. The van der Waals surface area contributed by atoms with Crippen molar-refractivity contribution in [1.29, 1.82) is 0 Å². The van der Waals surface area contributed by atoms with E-state index in [1.54, 1.807) is 18.2 Å². The van der Waals surface area contributed by atoms with Gasteiger partial charge in [0.05, 0.1) is 18.3 Å². The number of aromatic hydroxyl groups is 1. The standard InChI is InChI=1S/C21H24N4O4/c1-12(2)25-8-7-15-20(17(25)10-29-11-19(27)28)14-9-16(23-24-21(14)22-15)13-5-3-4-6-18(13)26/h3-6,9,12,17,26H,7-8,10-11H2,1-2H3,(H,22,24)(H,27,28)/t17-/m0/s1. The summed E-state index contributed by atoms with van der Waals surface area (Å²) in [7, 11) is 0. The molecule has 0 spiro atoms. The number of nitrogens with one attached hydrogen (secondary N) is 1. The van der Waals surface area contributed by atoms with Crippen molar-refractivity contribution < 1.29 is 19.7 Å². The van der Waals surface area contributed by atoms with E-state index in [4.69, 9.17) is 9.84 Å². The number of para-hydroxylation sites is 1. The van der Waals surface area contributed by atoms with Crippen LogP contribution in [0.2, 0.25) is 0 Å². The van der Waals surface area contributed by atoms with Crippen molar-refractivity contribution in [2.75, 3.05) is 19.8 Å². The maximum Gasteiger partial charge on any atom is 0.329 e. The number of aromatic amines is 1. The van der Waals surface area contributed by atoms with E-state index in [0.717, 1.165) is 29.6 Å². The summed E-state index contributed by atoms with van der Waals surface area (Å²) in [6.45, 7) is 5.04. The molecule has 2 aromatic heterocycles. The summed E-state index contributed by atoms with van der Waals surface area (Å²) in [5, 5.41) is 28.7. The molecule has 3 aromatic rings. The van der Waals surface area contributed by atoms with Crippen LogP contribution in [0.15, 0.2) is 30.3 Å². The van der Waals surface area contributed by atoms with E-state index < -0.39 is 5.97 Å². The highest BCUT2D eigenvalue weighted by molar-refractivity contribution is 5.86. The molecule has 1 aliphatic heterocycles. The van der Waals surface area contributed by atoms with Crippen molar-refractivity contribution in [3.8, 4) is 17.0 Å². The van der Waals surface area contributed by atoms with Crippen LogP contribution in [0.25, 0.3) is 22.3 Å². The Kier molecular flexibility index (Phi) is 5.21. The normalized spacial score (nSPS) is 17.0. The number of hydrogen-bond donors (Lipinski definition) is 3. The van der Waals surface area contributed by atoms with Crippen LogP contribution < -0.4 is 0 Å². The van der Waals surface area contributed by atoms with Gasteiger partial charge in [-0.05, 0) is 32.0 Å². The molecule has 0 amide bonds. The molecule has 1 atom stereocenters. The van der Waals surface area contributed by atoms with E-state index in [1.807, 2.05) is 12.1 Å². The highest BCUT2D eigenvalue weighted by atomic mass is 16.5. The Morgan fingerprint density at radius 2 is 2.14 bits per heavy atom. The Balaban J connectivity index is 1.79. The highest BCUT2D eigenvalue weighted by Crippen LogP contribution is 2.38. The average Bonchev–Trinajstić information content (AvgIpc) is 3.06. The predicted molar refractivity (Wildman–Crippen MR) is 108 cm³/mol. The van der Waals surface area contributed by atoms with E-state index in [-0.39, 0.29) is 31.0 Å². The average molecular weight is 396 g/mol. The number of carboxylic acids is 1. The number of rotatable bonds is 6. The quantitative estimate of drug-likeness (QED) is 0.587. The molecule has 0 bridgehead atoms. The van der Waals surface area contributed by atoms with Gasteiger partial charge in [0.25, 0.3) is 0 Å². The number of aromatic nitrogens is 3. The molecule has 0 aliphatic carbocycles. The molecule has 0 saturated heterocycles. The SMILES string of the molecule is CC(C)N1CCc2[nH]c3nnc(-c4ccccc4O)cc3c2[C@@H]1COCC(=O)O. The fourth-order valence-electron chi connectivity index (χ4n) is 4.08. The van der Waals surface area contributed by atoms with E-state index in [9.17, 15) is 9.90 Å². The Labute approximate surface area is 168 Å². The van der Waals surface area contributed by atoms with Crippen LogP contribution >= 0.6 is 0 Å². The van der Waals surface area contributed by atoms with Crippen LogP contribution in [0.5, 0.6) is 5.75 Å². The Bertz CT molecular complexity index is 1050. The first-order valence-corrected chi connectivity index (χ1v) is 9.67. The molecular weight excluding hydrogens is 372 g/mol. The molecular formula is C21H24N4O4. The summed E-state index contributed by atoms with van der Waals surface area (Å²) >= 11 is 0. The summed E-state index contributed by atoms with van der Waals surface area (Å²) < 4.78 is 5.49. The fraction of sp³-hybridized carbons (Fsp3) is 0.381. The number of nitrogens with zero attached hydrogens (tertiary/aromatic N) is 3. The maximum absolute atomic E-state index is 10.9. The van der Waals surface area contributed by atoms with Crippen LogP contribution in [0, 0.1) is 0 Å². The van der Waals surface area contributed by atoms with Crippen molar-refractivity contribution >= 4 is 17.0 Å². The van der Waals surface area contributed by atoms with E-state index in [1.165, 1.54) is 0 Å². The molecule has 1 aromatic carbocycles. The van der Waals surface area contributed by atoms with Gasteiger partial charge in [-0.2, -0.15) is 0 Å². The highest BCUT2D eigenvalue weighted by Gasteiger charge is 2.33. The first-order valence-electron chi connectivity index (χ1n) is 9.67. The van der Waals surface area contributed by atoms with Gasteiger partial charge in [-0.15, -0.1) is 10.2 Å². The third-order valence-electron chi connectivity index (χ3n) is 5.38. The minimum atomic E-state index is -0.983. The number of phenolic OH excluding ortho intramolecular Hbond substituents is 1. The smallest absolute Gasteiger partial charge is 0.329 e.